The molecule has 0 aliphatic carbocycles. The molecule has 1 aromatic carbocycles. The molecule has 1 rings (SSSR count). The summed E-state index contributed by atoms with van der Waals surface area (Å²) in [6, 6.07) is 4.33. The van der Waals surface area contributed by atoms with Gasteiger partial charge in [-0.3, -0.25) is 9.59 Å². The number of carbonyl (C=O) groups is 2. The maximum Gasteiger partial charge on any atom is 0.340 e. The molecule has 0 aliphatic heterocycles. The van der Waals surface area contributed by atoms with E-state index in [1.165, 1.54) is 25.3 Å². The fourth-order valence-corrected chi connectivity index (χ4v) is 1.75. The summed E-state index contributed by atoms with van der Waals surface area (Å²) >= 11 is 5.76. The van der Waals surface area contributed by atoms with Crippen LogP contribution in [0.15, 0.2) is 18.2 Å². The standard InChI is InChI=1S/C15H15ClF4O5/c1-23-11-7-9(16)5-6-10(11)25-13(22)4-2-3-12(21)24-8-15(19,20)14(17)18/h5-7,14H,2-4,8H2,1H3. The first-order valence-corrected chi connectivity index (χ1v) is 7.39. The Labute approximate surface area is 145 Å². The molecule has 0 aromatic heterocycles. The molecule has 0 atom stereocenters. The summed E-state index contributed by atoms with van der Waals surface area (Å²) in [6.07, 6.45) is -4.60. The monoisotopic (exact) mass is 386 g/mol. The number of hydrogen-bond acceptors (Lipinski definition) is 5. The van der Waals surface area contributed by atoms with Gasteiger partial charge in [-0.2, -0.15) is 8.78 Å². The number of benzene rings is 1. The number of ether oxygens (including phenoxy) is 3. The molecule has 0 N–H and O–H groups in total. The summed E-state index contributed by atoms with van der Waals surface area (Å²) in [5.74, 6) is -5.87. The maximum absolute atomic E-state index is 12.6. The van der Waals surface area contributed by atoms with Gasteiger partial charge in [0.1, 0.15) is 0 Å². The number of hydrogen-bond donors (Lipinski definition) is 0. The van der Waals surface area contributed by atoms with Crippen LogP contribution in [0.2, 0.25) is 5.02 Å². The van der Waals surface area contributed by atoms with Crippen LogP contribution in [0.4, 0.5) is 17.6 Å². The van der Waals surface area contributed by atoms with Crippen molar-refractivity contribution in [1.29, 1.82) is 0 Å². The van der Waals surface area contributed by atoms with Gasteiger partial charge in [-0.05, 0) is 18.6 Å². The molecule has 5 nitrogen and oxygen atoms in total. The highest BCUT2D eigenvalue weighted by atomic mass is 35.5. The second-order valence-electron chi connectivity index (χ2n) is 4.85. The van der Waals surface area contributed by atoms with Gasteiger partial charge in [-0.15, -0.1) is 0 Å². The zero-order valence-corrected chi connectivity index (χ0v) is 13.8. The fraction of sp³-hybridized carbons (Fsp3) is 0.467. The minimum Gasteiger partial charge on any atom is -0.493 e. The van der Waals surface area contributed by atoms with E-state index in [2.05, 4.69) is 4.74 Å². The Kier molecular flexibility index (Phi) is 7.95. The van der Waals surface area contributed by atoms with E-state index < -0.39 is 37.3 Å². The van der Waals surface area contributed by atoms with Crippen molar-refractivity contribution >= 4 is 23.5 Å². The highest BCUT2D eigenvalue weighted by Gasteiger charge is 2.42. The topological polar surface area (TPSA) is 61.8 Å². The van der Waals surface area contributed by atoms with E-state index in [9.17, 15) is 27.2 Å². The first kappa shape index (κ1) is 21.0. The van der Waals surface area contributed by atoms with E-state index in [1.807, 2.05) is 0 Å². The lowest BCUT2D eigenvalue weighted by atomic mass is 10.2. The van der Waals surface area contributed by atoms with Crippen LogP contribution in [0.3, 0.4) is 0 Å². The van der Waals surface area contributed by atoms with Crippen LogP contribution in [0, 0.1) is 0 Å². The highest BCUT2D eigenvalue weighted by Crippen LogP contribution is 2.30. The molecular weight excluding hydrogens is 372 g/mol. The molecule has 0 unspecified atom stereocenters. The summed E-state index contributed by atoms with van der Waals surface area (Å²) in [5, 5.41) is 0.375. The van der Waals surface area contributed by atoms with Crippen molar-refractivity contribution in [3.63, 3.8) is 0 Å². The normalized spacial score (nSPS) is 11.3. The molecule has 25 heavy (non-hydrogen) atoms. The van der Waals surface area contributed by atoms with Crippen molar-refractivity contribution in [2.24, 2.45) is 0 Å². The Bertz CT molecular complexity index is 610. The lowest BCUT2D eigenvalue weighted by Gasteiger charge is -2.14. The van der Waals surface area contributed by atoms with Crippen molar-refractivity contribution in [3.8, 4) is 11.5 Å². The van der Waals surface area contributed by atoms with Crippen LogP contribution in [-0.2, 0) is 14.3 Å². The minimum absolute atomic E-state index is 0.0617. The Morgan fingerprint density at radius 3 is 2.40 bits per heavy atom. The molecule has 0 heterocycles. The Morgan fingerprint density at radius 1 is 1.16 bits per heavy atom. The average molecular weight is 387 g/mol. The highest BCUT2D eigenvalue weighted by molar-refractivity contribution is 6.30. The van der Waals surface area contributed by atoms with Gasteiger partial charge in [0.25, 0.3) is 0 Å². The third kappa shape index (κ3) is 7.16. The SMILES string of the molecule is COc1cc(Cl)ccc1OC(=O)CCCC(=O)OCC(F)(F)C(F)F. The summed E-state index contributed by atoms with van der Waals surface area (Å²) in [4.78, 5) is 22.9. The Hall–Kier alpha value is -2.03. The second kappa shape index (κ2) is 9.45. The second-order valence-corrected chi connectivity index (χ2v) is 5.28. The zero-order chi connectivity index (χ0) is 19.0. The number of alkyl halides is 4. The third-order valence-corrected chi connectivity index (χ3v) is 3.09. The van der Waals surface area contributed by atoms with Gasteiger partial charge in [-0.1, -0.05) is 11.6 Å². The van der Waals surface area contributed by atoms with Crippen LogP contribution < -0.4 is 9.47 Å². The minimum atomic E-state index is -4.40. The van der Waals surface area contributed by atoms with E-state index in [0.29, 0.717) is 5.02 Å². The number of rotatable bonds is 9. The van der Waals surface area contributed by atoms with E-state index >= 15 is 0 Å². The van der Waals surface area contributed by atoms with Crippen molar-refractivity contribution in [1.82, 2.24) is 0 Å². The van der Waals surface area contributed by atoms with Gasteiger partial charge in [-0.25, -0.2) is 8.78 Å². The van der Waals surface area contributed by atoms with Gasteiger partial charge in [0, 0.05) is 23.9 Å². The molecule has 0 spiro atoms. The summed E-state index contributed by atoms with van der Waals surface area (Å²) < 4.78 is 63.0. The molecule has 0 amide bonds. The van der Waals surface area contributed by atoms with Crippen molar-refractivity contribution < 1.29 is 41.4 Å². The largest absolute Gasteiger partial charge is 0.493 e. The average Bonchev–Trinajstić information content (AvgIpc) is 2.54. The van der Waals surface area contributed by atoms with Gasteiger partial charge < -0.3 is 14.2 Å². The van der Waals surface area contributed by atoms with Crippen LogP contribution in [0.1, 0.15) is 19.3 Å². The molecule has 10 heteroatoms. The molecule has 0 fully saturated rings. The molecule has 1 aromatic rings. The lowest BCUT2D eigenvalue weighted by Crippen LogP contribution is -2.33. The smallest absolute Gasteiger partial charge is 0.340 e. The van der Waals surface area contributed by atoms with Crippen LogP contribution >= 0.6 is 11.6 Å². The zero-order valence-electron chi connectivity index (χ0n) is 13.1. The maximum atomic E-state index is 12.6. The first-order chi connectivity index (χ1) is 11.7. The van der Waals surface area contributed by atoms with Crippen molar-refractivity contribution in [2.75, 3.05) is 13.7 Å². The van der Waals surface area contributed by atoms with Gasteiger partial charge in [0.15, 0.2) is 18.1 Å². The molecule has 140 valence electrons. The number of carbonyl (C=O) groups excluding carboxylic acids is 2. The molecule has 0 bridgehead atoms. The van der Waals surface area contributed by atoms with Crippen molar-refractivity contribution in [2.45, 2.75) is 31.6 Å². The van der Waals surface area contributed by atoms with E-state index in [4.69, 9.17) is 21.1 Å². The summed E-state index contributed by atoms with van der Waals surface area (Å²) in [6.45, 7) is -1.71. The van der Waals surface area contributed by atoms with E-state index in [0.717, 1.165) is 0 Å². The third-order valence-electron chi connectivity index (χ3n) is 2.86. The predicted molar refractivity (Wildman–Crippen MR) is 79.4 cm³/mol. The van der Waals surface area contributed by atoms with Gasteiger partial charge in [0.2, 0.25) is 0 Å². The predicted octanol–water partition coefficient (Wildman–Crippen LogP) is 3.87. The molecule has 0 saturated heterocycles. The van der Waals surface area contributed by atoms with Gasteiger partial charge >= 0.3 is 24.3 Å². The fourth-order valence-electron chi connectivity index (χ4n) is 1.59. The molecule has 0 radical (unpaired) electrons. The van der Waals surface area contributed by atoms with Crippen LogP contribution in [0.5, 0.6) is 11.5 Å². The van der Waals surface area contributed by atoms with Crippen molar-refractivity contribution in [3.05, 3.63) is 23.2 Å². The quantitative estimate of drug-likeness (QED) is 0.366. The van der Waals surface area contributed by atoms with Crippen LogP contribution in [-0.4, -0.2) is 38.0 Å². The van der Waals surface area contributed by atoms with E-state index in [1.54, 1.807) is 0 Å². The van der Waals surface area contributed by atoms with E-state index in [-0.39, 0.29) is 24.3 Å². The van der Waals surface area contributed by atoms with Crippen LogP contribution in [0.25, 0.3) is 0 Å². The molecule has 0 aliphatic rings. The summed E-state index contributed by atoms with van der Waals surface area (Å²) in [7, 11) is 1.36. The number of esters is 2. The molecular formula is C15H15ClF4O5. The number of methoxy groups -OCH3 is 1. The molecule has 0 saturated carbocycles. The summed E-state index contributed by atoms with van der Waals surface area (Å²) in [5.41, 5.74) is 0. The van der Waals surface area contributed by atoms with Gasteiger partial charge in [0.05, 0.1) is 7.11 Å². The Balaban J connectivity index is 2.36. The number of halogens is 5. The Morgan fingerprint density at radius 2 is 1.80 bits per heavy atom. The first-order valence-electron chi connectivity index (χ1n) is 7.01. The lowest BCUT2D eigenvalue weighted by molar-refractivity contribution is -0.179.